The standard InChI is InChI=1S/C17H25NO4/c1-20-15-6-2-3-7-16(15)22-13-17(19)18-10-4-5-14-8-11-21-12-9-14/h2-3,6-7,14H,4-5,8-13H2,1H3,(H,18,19). The van der Waals surface area contributed by atoms with E-state index in [-0.39, 0.29) is 12.5 Å². The number of nitrogens with one attached hydrogen (secondary N) is 1. The van der Waals surface area contributed by atoms with Crippen LogP contribution in [0.15, 0.2) is 24.3 Å². The molecule has 1 saturated heterocycles. The molecule has 1 aliphatic rings. The van der Waals surface area contributed by atoms with E-state index in [0.29, 0.717) is 18.0 Å². The van der Waals surface area contributed by atoms with Crippen LogP contribution in [0.1, 0.15) is 25.7 Å². The first-order chi connectivity index (χ1) is 10.8. The highest BCUT2D eigenvalue weighted by molar-refractivity contribution is 5.77. The third-order valence-electron chi connectivity index (χ3n) is 3.88. The van der Waals surface area contributed by atoms with Gasteiger partial charge in [-0.05, 0) is 43.7 Å². The number of amides is 1. The van der Waals surface area contributed by atoms with E-state index >= 15 is 0 Å². The highest BCUT2D eigenvalue weighted by Crippen LogP contribution is 2.25. The SMILES string of the molecule is COc1ccccc1OCC(=O)NCCCC1CCOCC1. The van der Waals surface area contributed by atoms with Crippen molar-refractivity contribution < 1.29 is 19.0 Å². The zero-order valence-corrected chi connectivity index (χ0v) is 13.2. The molecule has 0 aliphatic carbocycles. The smallest absolute Gasteiger partial charge is 0.257 e. The molecule has 1 amide bonds. The number of carbonyl (C=O) groups excluding carboxylic acids is 1. The Morgan fingerprint density at radius 2 is 2.00 bits per heavy atom. The second-order valence-corrected chi connectivity index (χ2v) is 5.49. The van der Waals surface area contributed by atoms with Gasteiger partial charge in [-0.15, -0.1) is 0 Å². The number of carbonyl (C=O) groups is 1. The molecule has 2 rings (SSSR count). The first-order valence-electron chi connectivity index (χ1n) is 7.90. The van der Waals surface area contributed by atoms with Crippen LogP contribution < -0.4 is 14.8 Å². The number of benzene rings is 1. The fraction of sp³-hybridized carbons (Fsp3) is 0.588. The van der Waals surface area contributed by atoms with Gasteiger partial charge in [0.05, 0.1) is 7.11 Å². The highest BCUT2D eigenvalue weighted by Gasteiger charge is 2.13. The van der Waals surface area contributed by atoms with Crippen molar-refractivity contribution in [2.45, 2.75) is 25.7 Å². The predicted octanol–water partition coefficient (Wildman–Crippen LogP) is 2.40. The number of ether oxygens (including phenoxy) is 3. The zero-order valence-electron chi connectivity index (χ0n) is 13.2. The van der Waals surface area contributed by atoms with Gasteiger partial charge in [0.25, 0.3) is 5.91 Å². The summed E-state index contributed by atoms with van der Waals surface area (Å²) in [6.45, 7) is 2.47. The molecule has 1 fully saturated rings. The summed E-state index contributed by atoms with van der Waals surface area (Å²) in [5.41, 5.74) is 0. The molecule has 5 heteroatoms. The summed E-state index contributed by atoms with van der Waals surface area (Å²) in [5.74, 6) is 1.87. The highest BCUT2D eigenvalue weighted by atomic mass is 16.5. The van der Waals surface area contributed by atoms with Crippen LogP contribution in [0.3, 0.4) is 0 Å². The van der Waals surface area contributed by atoms with Gasteiger partial charge < -0.3 is 19.5 Å². The van der Waals surface area contributed by atoms with Crippen LogP contribution in [0.4, 0.5) is 0 Å². The zero-order chi connectivity index (χ0) is 15.6. The average Bonchev–Trinajstić information content (AvgIpc) is 2.58. The Balaban J connectivity index is 1.59. The number of hydrogen-bond donors (Lipinski definition) is 1. The molecule has 0 radical (unpaired) electrons. The van der Waals surface area contributed by atoms with E-state index in [4.69, 9.17) is 14.2 Å². The van der Waals surface area contributed by atoms with Gasteiger partial charge in [0.2, 0.25) is 0 Å². The van der Waals surface area contributed by atoms with Crippen LogP contribution >= 0.6 is 0 Å². The number of para-hydroxylation sites is 2. The number of rotatable bonds is 8. The second kappa shape index (κ2) is 9.30. The van der Waals surface area contributed by atoms with Crippen molar-refractivity contribution in [3.05, 3.63) is 24.3 Å². The third-order valence-corrected chi connectivity index (χ3v) is 3.88. The lowest BCUT2D eigenvalue weighted by Gasteiger charge is -2.21. The lowest BCUT2D eigenvalue weighted by Crippen LogP contribution is -2.30. The molecule has 1 heterocycles. The molecule has 0 saturated carbocycles. The first-order valence-corrected chi connectivity index (χ1v) is 7.90. The van der Waals surface area contributed by atoms with Crippen molar-refractivity contribution in [3.63, 3.8) is 0 Å². The fourth-order valence-electron chi connectivity index (χ4n) is 2.59. The van der Waals surface area contributed by atoms with E-state index in [1.807, 2.05) is 12.1 Å². The lowest BCUT2D eigenvalue weighted by atomic mass is 9.95. The molecule has 1 aromatic carbocycles. The fourth-order valence-corrected chi connectivity index (χ4v) is 2.59. The van der Waals surface area contributed by atoms with Crippen LogP contribution in [-0.2, 0) is 9.53 Å². The molecule has 0 bridgehead atoms. The molecule has 0 unspecified atom stereocenters. The van der Waals surface area contributed by atoms with E-state index < -0.39 is 0 Å². The minimum Gasteiger partial charge on any atom is -0.493 e. The van der Waals surface area contributed by atoms with Gasteiger partial charge >= 0.3 is 0 Å². The molecule has 0 aromatic heterocycles. The number of methoxy groups -OCH3 is 1. The first kappa shape index (κ1) is 16.6. The van der Waals surface area contributed by atoms with Crippen LogP contribution in [0.25, 0.3) is 0 Å². The molecule has 5 nitrogen and oxygen atoms in total. The Hall–Kier alpha value is -1.75. The van der Waals surface area contributed by atoms with E-state index in [1.165, 1.54) is 0 Å². The van der Waals surface area contributed by atoms with Crippen LogP contribution in [-0.4, -0.2) is 39.4 Å². The summed E-state index contributed by atoms with van der Waals surface area (Å²) in [6, 6.07) is 7.31. The quantitative estimate of drug-likeness (QED) is 0.749. The van der Waals surface area contributed by atoms with Crippen molar-refractivity contribution in [2.24, 2.45) is 5.92 Å². The number of hydrogen-bond acceptors (Lipinski definition) is 4. The monoisotopic (exact) mass is 307 g/mol. The van der Waals surface area contributed by atoms with Gasteiger partial charge in [-0.25, -0.2) is 0 Å². The Labute approximate surface area is 131 Å². The Morgan fingerprint density at radius 3 is 2.73 bits per heavy atom. The Kier molecular flexibility index (Phi) is 7.03. The van der Waals surface area contributed by atoms with Crippen LogP contribution in [0.5, 0.6) is 11.5 Å². The van der Waals surface area contributed by atoms with Gasteiger partial charge in [-0.2, -0.15) is 0 Å². The van der Waals surface area contributed by atoms with Crippen LogP contribution in [0.2, 0.25) is 0 Å². The Morgan fingerprint density at radius 1 is 1.27 bits per heavy atom. The largest absolute Gasteiger partial charge is 0.493 e. The van der Waals surface area contributed by atoms with Crippen molar-refractivity contribution in [2.75, 3.05) is 33.5 Å². The summed E-state index contributed by atoms with van der Waals surface area (Å²) in [4.78, 5) is 11.8. The minimum absolute atomic E-state index is 0.0115. The maximum absolute atomic E-state index is 11.8. The summed E-state index contributed by atoms with van der Waals surface area (Å²) in [5, 5.41) is 2.89. The van der Waals surface area contributed by atoms with E-state index in [1.54, 1.807) is 19.2 Å². The van der Waals surface area contributed by atoms with Crippen molar-refractivity contribution in [1.82, 2.24) is 5.32 Å². The maximum atomic E-state index is 11.8. The van der Waals surface area contributed by atoms with Gasteiger partial charge in [0.1, 0.15) is 0 Å². The molecular formula is C17H25NO4. The van der Waals surface area contributed by atoms with Crippen molar-refractivity contribution >= 4 is 5.91 Å². The summed E-state index contributed by atoms with van der Waals surface area (Å²) in [6.07, 6.45) is 4.44. The minimum atomic E-state index is -0.0992. The molecule has 122 valence electrons. The van der Waals surface area contributed by atoms with E-state index in [2.05, 4.69) is 5.32 Å². The van der Waals surface area contributed by atoms with E-state index in [9.17, 15) is 4.79 Å². The normalized spacial score (nSPS) is 15.3. The molecule has 0 spiro atoms. The van der Waals surface area contributed by atoms with Crippen molar-refractivity contribution in [1.29, 1.82) is 0 Å². The summed E-state index contributed by atoms with van der Waals surface area (Å²) in [7, 11) is 1.58. The summed E-state index contributed by atoms with van der Waals surface area (Å²) >= 11 is 0. The second-order valence-electron chi connectivity index (χ2n) is 5.49. The maximum Gasteiger partial charge on any atom is 0.257 e. The molecular weight excluding hydrogens is 282 g/mol. The predicted molar refractivity (Wildman–Crippen MR) is 84.3 cm³/mol. The topological polar surface area (TPSA) is 56.8 Å². The van der Waals surface area contributed by atoms with Gasteiger partial charge in [-0.3, -0.25) is 4.79 Å². The van der Waals surface area contributed by atoms with Crippen molar-refractivity contribution in [3.8, 4) is 11.5 Å². The molecule has 1 N–H and O–H groups in total. The van der Waals surface area contributed by atoms with Gasteiger partial charge in [-0.1, -0.05) is 12.1 Å². The molecule has 1 aromatic rings. The van der Waals surface area contributed by atoms with E-state index in [0.717, 1.165) is 44.8 Å². The molecule has 0 atom stereocenters. The lowest BCUT2D eigenvalue weighted by molar-refractivity contribution is -0.123. The van der Waals surface area contributed by atoms with Crippen LogP contribution in [0, 0.1) is 5.92 Å². The summed E-state index contributed by atoms with van der Waals surface area (Å²) < 4.78 is 16.0. The average molecular weight is 307 g/mol. The molecule has 22 heavy (non-hydrogen) atoms. The third kappa shape index (κ3) is 5.56. The Bertz CT molecular complexity index is 458. The van der Waals surface area contributed by atoms with Gasteiger partial charge in [0.15, 0.2) is 18.1 Å². The van der Waals surface area contributed by atoms with Gasteiger partial charge in [0, 0.05) is 19.8 Å². The molecule has 1 aliphatic heterocycles.